The molecule has 1 aromatic heterocycles. The average Bonchev–Trinajstić information content (AvgIpc) is 3.04. The number of carbonyl (C=O) groups is 1. The fourth-order valence-electron chi connectivity index (χ4n) is 4.97. The van der Waals surface area contributed by atoms with E-state index < -0.39 is 0 Å². The third-order valence-corrected chi connectivity index (χ3v) is 9.09. The number of aromatic amines is 1. The van der Waals surface area contributed by atoms with Crippen molar-refractivity contribution < 1.29 is 14.3 Å². The van der Waals surface area contributed by atoms with Gasteiger partial charge in [0.2, 0.25) is 0 Å². The van der Waals surface area contributed by atoms with Gasteiger partial charge in [0.15, 0.2) is 16.9 Å². The number of thioether (sulfide) groups is 2. The molecular weight excluding hydrogens is 579 g/mol. The zero-order valence-electron chi connectivity index (χ0n) is 24.5. The van der Waals surface area contributed by atoms with Crippen molar-refractivity contribution in [2.45, 2.75) is 22.6 Å². The molecule has 0 saturated carbocycles. The molecule has 7 nitrogen and oxygen atoms in total. The summed E-state index contributed by atoms with van der Waals surface area (Å²) >= 11 is 3.35. The number of rotatable bonds is 13. The maximum Gasteiger partial charge on any atom is 0.257 e. The first-order chi connectivity index (χ1) is 21.0. The highest BCUT2D eigenvalue weighted by molar-refractivity contribution is 7.99. The normalized spacial score (nSPS) is 11.1. The zero-order chi connectivity index (χ0) is 30.2. The van der Waals surface area contributed by atoms with Gasteiger partial charge in [-0.1, -0.05) is 18.2 Å². The van der Waals surface area contributed by atoms with E-state index in [1.807, 2.05) is 60.9 Å². The fourth-order valence-corrected chi connectivity index (χ4v) is 6.40. The molecule has 5 aromatic rings. The third kappa shape index (κ3) is 7.18. The molecule has 0 radical (unpaired) electrons. The van der Waals surface area contributed by atoms with Crippen LogP contribution < -0.4 is 25.5 Å². The second-order valence-electron chi connectivity index (χ2n) is 9.93. The van der Waals surface area contributed by atoms with Gasteiger partial charge in [0, 0.05) is 26.3 Å². The first-order valence-corrected chi connectivity index (χ1v) is 16.3. The lowest BCUT2D eigenvalue weighted by molar-refractivity contribution is 0.102. The number of hydrogen-bond acceptors (Lipinski definition) is 7. The molecule has 0 bridgehead atoms. The van der Waals surface area contributed by atoms with Crippen molar-refractivity contribution in [3.05, 3.63) is 100 Å². The number of ether oxygens (including phenoxy) is 2. The number of para-hydroxylation sites is 2. The number of nitrogens with one attached hydrogen (secondary N) is 3. The van der Waals surface area contributed by atoms with Crippen LogP contribution in [-0.4, -0.2) is 50.2 Å². The quantitative estimate of drug-likeness (QED) is 0.0749. The minimum absolute atomic E-state index is 0.0798. The summed E-state index contributed by atoms with van der Waals surface area (Å²) in [4.78, 5) is 32.0. The Morgan fingerprint density at radius 1 is 0.860 bits per heavy atom. The zero-order valence-corrected chi connectivity index (χ0v) is 26.1. The van der Waals surface area contributed by atoms with Crippen LogP contribution in [0.3, 0.4) is 0 Å². The van der Waals surface area contributed by atoms with E-state index in [9.17, 15) is 9.59 Å². The van der Waals surface area contributed by atoms with Crippen LogP contribution in [0.5, 0.6) is 11.5 Å². The Labute approximate surface area is 259 Å². The summed E-state index contributed by atoms with van der Waals surface area (Å²) < 4.78 is 10.7. The van der Waals surface area contributed by atoms with Gasteiger partial charge in [0.25, 0.3) is 5.91 Å². The maximum absolute atomic E-state index is 13.3. The van der Waals surface area contributed by atoms with E-state index in [1.54, 1.807) is 55.9 Å². The number of hydrogen-bond donors (Lipinski definition) is 3. The second-order valence-corrected chi connectivity index (χ2v) is 12.0. The molecule has 4 aromatic carbocycles. The summed E-state index contributed by atoms with van der Waals surface area (Å²) in [5.74, 6) is 2.23. The summed E-state index contributed by atoms with van der Waals surface area (Å²) in [5.41, 5.74) is 3.56. The van der Waals surface area contributed by atoms with Crippen molar-refractivity contribution in [2.24, 2.45) is 0 Å². The number of methoxy groups -OCH3 is 2. The first kappa shape index (κ1) is 30.5. The van der Waals surface area contributed by atoms with E-state index in [-0.39, 0.29) is 11.3 Å². The van der Waals surface area contributed by atoms with Gasteiger partial charge in [-0.25, -0.2) is 0 Å². The lowest BCUT2D eigenvalue weighted by Crippen LogP contribution is -2.19. The van der Waals surface area contributed by atoms with Crippen LogP contribution in [0.2, 0.25) is 0 Å². The van der Waals surface area contributed by atoms with Crippen molar-refractivity contribution in [1.82, 2.24) is 10.3 Å². The number of H-pyrrole nitrogens is 1. The minimum Gasteiger partial charge on any atom is -0.493 e. The Morgan fingerprint density at radius 2 is 1.60 bits per heavy atom. The van der Waals surface area contributed by atoms with E-state index in [0.717, 1.165) is 58.5 Å². The Kier molecular flexibility index (Phi) is 10.3. The van der Waals surface area contributed by atoms with Crippen LogP contribution in [0.4, 0.5) is 5.69 Å². The van der Waals surface area contributed by atoms with E-state index in [4.69, 9.17) is 9.47 Å². The van der Waals surface area contributed by atoms with Crippen LogP contribution in [0.1, 0.15) is 22.3 Å². The molecule has 0 spiro atoms. The Morgan fingerprint density at radius 3 is 2.35 bits per heavy atom. The van der Waals surface area contributed by atoms with Crippen molar-refractivity contribution >= 4 is 56.9 Å². The minimum atomic E-state index is -0.262. The smallest absolute Gasteiger partial charge is 0.257 e. The van der Waals surface area contributed by atoms with Crippen molar-refractivity contribution in [3.63, 3.8) is 0 Å². The van der Waals surface area contributed by atoms with Gasteiger partial charge in [-0.15, -0.1) is 23.5 Å². The fraction of sp³-hybridized carbons (Fsp3) is 0.235. The Bertz CT molecular complexity index is 1790. The van der Waals surface area contributed by atoms with Gasteiger partial charge in [0.05, 0.1) is 30.8 Å². The first-order valence-electron chi connectivity index (χ1n) is 14.1. The number of carbonyl (C=O) groups excluding carboxylic acids is 1. The van der Waals surface area contributed by atoms with E-state index >= 15 is 0 Å². The molecule has 43 heavy (non-hydrogen) atoms. The van der Waals surface area contributed by atoms with Crippen molar-refractivity contribution in [3.8, 4) is 11.5 Å². The number of amides is 1. The van der Waals surface area contributed by atoms with Gasteiger partial charge >= 0.3 is 0 Å². The SMILES string of the molecule is COc1ccc(CCNCCCSc2ccc(NC(=O)c3cccc4c(=O)c5cccc(SC)c5[nH]c34)cc2)cc1OC. The molecule has 9 heteroatoms. The van der Waals surface area contributed by atoms with Gasteiger partial charge in [-0.2, -0.15) is 0 Å². The Balaban J connectivity index is 1.12. The number of pyridine rings is 1. The number of anilines is 1. The molecule has 0 unspecified atom stereocenters. The van der Waals surface area contributed by atoms with Crippen molar-refractivity contribution in [1.29, 1.82) is 0 Å². The largest absolute Gasteiger partial charge is 0.493 e. The van der Waals surface area contributed by atoms with Crippen LogP contribution in [0, 0.1) is 0 Å². The summed E-state index contributed by atoms with van der Waals surface area (Å²) in [6.45, 7) is 1.84. The van der Waals surface area contributed by atoms with Gasteiger partial charge in [0.1, 0.15) is 0 Å². The highest BCUT2D eigenvalue weighted by Crippen LogP contribution is 2.28. The standard InChI is InChI=1S/C34H35N3O4S2/c1-40-28-16-11-22(21-29(28)41-2)17-19-35-18-6-20-43-24-14-12-23(13-15-24)36-34(39)27-9-4-7-25-31(27)37-32-26(33(25)38)8-5-10-30(32)42-3/h4-5,7-16,21,35H,6,17-20H2,1-3H3,(H,36,39)(H,37,38). The van der Waals surface area contributed by atoms with Crippen LogP contribution in [0.25, 0.3) is 21.8 Å². The molecule has 5 rings (SSSR count). The summed E-state index contributed by atoms with van der Waals surface area (Å²) in [6.07, 6.45) is 3.93. The molecule has 222 valence electrons. The molecule has 0 aliphatic carbocycles. The highest BCUT2D eigenvalue weighted by Gasteiger charge is 2.15. The average molecular weight is 614 g/mol. The lowest BCUT2D eigenvalue weighted by Gasteiger charge is -2.11. The molecule has 0 aliphatic heterocycles. The molecule has 0 saturated heterocycles. The van der Waals surface area contributed by atoms with Crippen LogP contribution >= 0.6 is 23.5 Å². The molecule has 3 N–H and O–H groups in total. The monoisotopic (exact) mass is 613 g/mol. The molecule has 1 heterocycles. The predicted octanol–water partition coefficient (Wildman–Crippen LogP) is 6.99. The van der Waals surface area contributed by atoms with E-state index in [2.05, 4.69) is 21.7 Å². The van der Waals surface area contributed by atoms with E-state index in [0.29, 0.717) is 27.5 Å². The molecule has 0 atom stereocenters. The van der Waals surface area contributed by atoms with Crippen molar-refractivity contribution in [2.75, 3.05) is 44.6 Å². The van der Waals surface area contributed by atoms with Gasteiger partial charge in [-0.05, 0) is 104 Å². The van der Waals surface area contributed by atoms with Gasteiger partial charge in [-0.3, -0.25) is 9.59 Å². The molecule has 1 amide bonds. The molecule has 0 aliphatic rings. The number of aromatic nitrogens is 1. The highest BCUT2D eigenvalue weighted by atomic mass is 32.2. The molecule has 0 fully saturated rings. The van der Waals surface area contributed by atoms with Crippen LogP contribution in [-0.2, 0) is 6.42 Å². The second kappa shape index (κ2) is 14.5. The third-order valence-electron chi connectivity index (χ3n) is 7.21. The Hall–Kier alpha value is -3.92. The topological polar surface area (TPSA) is 92.5 Å². The number of fused-ring (bicyclic) bond motifs is 2. The maximum atomic E-state index is 13.3. The summed E-state index contributed by atoms with van der Waals surface area (Å²) in [6, 6.07) is 24.8. The van der Waals surface area contributed by atoms with Crippen LogP contribution in [0.15, 0.2) is 93.4 Å². The predicted molar refractivity (Wildman–Crippen MR) is 180 cm³/mol. The van der Waals surface area contributed by atoms with Gasteiger partial charge < -0.3 is 25.1 Å². The summed E-state index contributed by atoms with van der Waals surface area (Å²) in [7, 11) is 3.30. The van der Waals surface area contributed by atoms with E-state index in [1.165, 1.54) is 5.56 Å². The number of benzene rings is 4. The lowest BCUT2D eigenvalue weighted by atomic mass is 10.1. The summed E-state index contributed by atoms with van der Waals surface area (Å²) in [5, 5.41) is 7.62. The molecular formula is C34H35N3O4S2.